The van der Waals surface area contributed by atoms with E-state index in [1.54, 1.807) is 0 Å². The first-order valence-electron chi connectivity index (χ1n) is 9.52. The van der Waals surface area contributed by atoms with Gasteiger partial charge in [-0.15, -0.1) is 24.0 Å². The van der Waals surface area contributed by atoms with Gasteiger partial charge in [-0.05, 0) is 70.6 Å². The van der Waals surface area contributed by atoms with E-state index in [0.717, 1.165) is 44.4 Å². The van der Waals surface area contributed by atoms with Crippen LogP contribution in [0.5, 0.6) is 0 Å². The van der Waals surface area contributed by atoms with Gasteiger partial charge in [0.15, 0.2) is 5.96 Å². The number of rotatable bonds is 8. The van der Waals surface area contributed by atoms with Crippen molar-refractivity contribution in [1.82, 2.24) is 15.5 Å². The highest BCUT2D eigenvalue weighted by Crippen LogP contribution is 2.18. The summed E-state index contributed by atoms with van der Waals surface area (Å²) in [5, 5.41) is 6.86. The molecule has 0 aromatic heterocycles. The summed E-state index contributed by atoms with van der Waals surface area (Å²) in [6.07, 6.45) is 6.11. The van der Waals surface area contributed by atoms with Crippen molar-refractivity contribution in [2.75, 3.05) is 39.8 Å². The second-order valence-corrected chi connectivity index (χ2v) is 6.81. The van der Waals surface area contributed by atoms with Crippen LogP contribution in [0.1, 0.15) is 38.2 Å². The van der Waals surface area contributed by atoms with Crippen molar-refractivity contribution in [3.05, 3.63) is 35.9 Å². The van der Waals surface area contributed by atoms with E-state index in [0.29, 0.717) is 0 Å². The van der Waals surface area contributed by atoms with E-state index in [2.05, 4.69) is 59.8 Å². The molecule has 25 heavy (non-hydrogen) atoms. The molecule has 2 N–H and O–H groups in total. The second-order valence-electron chi connectivity index (χ2n) is 6.81. The first-order chi connectivity index (χ1) is 11.8. The average Bonchev–Trinajstić information content (AvgIpc) is 2.61. The zero-order valence-corrected chi connectivity index (χ0v) is 18.2. The summed E-state index contributed by atoms with van der Waals surface area (Å²) >= 11 is 0. The molecule has 1 heterocycles. The largest absolute Gasteiger partial charge is 0.357 e. The third-order valence-electron chi connectivity index (χ3n) is 4.76. The Morgan fingerprint density at radius 2 is 1.88 bits per heavy atom. The summed E-state index contributed by atoms with van der Waals surface area (Å²) < 4.78 is 0. The van der Waals surface area contributed by atoms with Crippen LogP contribution in [0.25, 0.3) is 0 Å². The molecular formula is C20H35IN4. The Hall–Kier alpha value is -0.820. The van der Waals surface area contributed by atoms with Gasteiger partial charge >= 0.3 is 0 Å². The standard InChI is InChI=1S/C20H34N4.HI/c1-3-21-20(22-14-7-10-18-8-5-4-6-9-18)23-15-11-19-12-16-24(2)17-13-19;/h4-6,8-9,19H,3,7,10-17H2,1-2H3,(H2,21,22,23);1H. The van der Waals surface area contributed by atoms with E-state index in [4.69, 9.17) is 4.99 Å². The summed E-state index contributed by atoms with van der Waals surface area (Å²) in [6, 6.07) is 10.7. The number of hydrogen-bond donors (Lipinski definition) is 2. The molecule has 142 valence electrons. The number of aliphatic imine (C=N–C) groups is 1. The van der Waals surface area contributed by atoms with Crippen LogP contribution in [0.15, 0.2) is 35.3 Å². The van der Waals surface area contributed by atoms with Gasteiger partial charge < -0.3 is 15.5 Å². The second kappa shape index (κ2) is 13.4. The molecule has 0 radical (unpaired) electrons. The average molecular weight is 458 g/mol. The minimum absolute atomic E-state index is 0. The first-order valence-corrected chi connectivity index (χ1v) is 9.52. The van der Waals surface area contributed by atoms with Crippen molar-refractivity contribution in [3.63, 3.8) is 0 Å². The van der Waals surface area contributed by atoms with Gasteiger partial charge in [0.05, 0.1) is 0 Å². The Morgan fingerprint density at radius 3 is 2.56 bits per heavy atom. The topological polar surface area (TPSA) is 39.7 Å². The van der Waals surface area contributed by atoms with Gasteiger partial charge in [0.1, 0.15) is 0 Å². The van der Waals surface area contributed by atoms with E-state index in [-0.39, 0.29) is 24.0 Å². The van der Waals surface area contributed by atoms with Gasteiger partial charge in [-0.1, -0.05) is 30.3 Å². The molecule has 1 fully saturated rings. The SMILES string of the molecule is CCNC(=NCCCc1ccccc1)NCCC1CCN(C)CC1.I. The molecule has 1 aliphatic rings. The van der Waals surface area contributed by atoms with Crippen LogP contribution in [0.2, 0.25) is 0 Å². The number of hydrogen-bond acceptors (Lipinski definition) is 2. The van der Waals surface area contributed by atoms with Crippen molar-refractivity contribution in [2.24, 2.45) is 10.9 Å². The zero-order chi connectivity index (χ0) is 17.0. The Labute approximate surface area is 170 Å². The summed E-state index contributed by atoms with van der Waals surface area (Å²) in [5.74, 6) is 1.84. The number of piperidine rings is 1. The molecule has 1 aromatic rings. The van der Waals surface area contributed by atoms with Gasteiger partial charge in [-0.2, -0.15) is 0 Å². The molecule has 1 aromatic carbocycles. The normalized spacial score (nSPS) is 16.3. The predicted octanol–water partition coefficient (Wildman–Crippen LogP) is 3.52. The minimum Gasteiger partial charge on any atom is -0.357 e. The lowest BCUT2D eigenvalue weighted by atomic mass is 9.94. The van der Waals surface area contributed by atoms with Crippen molar-refractivity contribution in [2.45, 2.75) is 39.0 Å². The summed E-state index contributed by atoms with van der Waals surface area (Å²) in [6.45, 7) is 7.44. The van der Waals surface area contributed by atoms with Crippen LogP contribution in [0.3, 0.4) is 0 Å². The maximum absolute atomic E-state index is 4.71. The Bertz CT molecular complexity index is 470. The monoisotopic (exact) mass is 458 g/mol. The number of nitrogens with one attached hydrogen (secondary N) is 2. The third kappa shape index (κ3) is 9.45. The fourth-order valence-electron chi connectivity index (χ4n) is 3.21. The number of nitrogens with zero attached hydrogens (tertiary/aromatic N) is 2. The highest BCUT2D eigenvalue weighted by atomic mass is 127. The van der Waals surface area contributed by atoms with Crippen LogP contribution in [0.4, 0.5) is 0 Å². The Balaban J connectivity index is 0.00000312. The molecule has 5 heteroatoms. The molecule has 0 aliphatic carbocycles. The Morgan fingerprint density at radius 1 is 1.16 bits per heavy atom. The van der Waals surface area contributed by atoms with Gasteiger partial charge in [0.25, 0.3) is 0 Å². The molecule has 4 nitrogen and oxygen atoms in total. The van der Waals surface area contributed by atoms with E-state index in [1.165, 1.54) is 37.9 Å². The number of benzene rings is 1. The lowest BCUT2D eigenvalue weighted by molar-refractivity contribution is 0.213. The summed E-state index contributed by atoms with van der Waals surface area (Å²) in [7, 11) is 2.22. The zero-order valence-electron chi connectivity index (χ0n) is 15.8. The molecule has 0 amide bonds. The number of aryl methyl sites for hydroxylation is 1. The maximum atomic E-state index is 4.71. The van der Waals surface area contributed by atoms with Crippen LogP contribution in [0, 0.1) is 5.92 Å². The number of likely N-dealkylation sites (tertiary alicyclic amines) is 1. The first kappa shape index (κ1) is 22.2. The molecule has 0 unspecified atom stereocenters. The van der Waals surface area contributed by atoms with Crippen LogP contribution < -0.4 is 10.6 Å². The maximum Gasteiger partial charge on any atom is 0.191 e. The summed E-state index contributed by atoms with van der Waals surface area (Å²) in [4.78, 5) is 7.14. The fourth-order valence-corrected chi connectivity index (χ4v) is 3.21. The predicted molar refractivity (Wildman–Crippen MR) is 119 cm³/mol. The van der Waals surface area contributed by atoms with E-state index in [1.807, 2.05) is 0 Å². The van der Waals surface area contributed by atoms with Crippen molar-refractivity contribution in [3.8, 4) is 0 Å². The fraction of sp³-hybridized carbons (Fsp3) is 0.650. The molecule has 0 saturated carbocycles. The van der Waals surface area contributed by atoms with Crippen LogP contribution >= 0.6 is 24.0 Å². The highest BCUT2D eigenvalue weighted by molar-refractivity contribution is 14.0. The molecule has 0 spiro atoms. The third-order valence-corrected chi connectivity index (χ3v) is 4.76. The quantitative estimate of drug-likeness (QED) is 0.271. The molecule has 1 saturated heterocycles. The molecular weight excluding hydrogens is 423 g/mol. The van der Waals surface area contributed by atoms with E-state index in [9.17, 15) is 0 Å². The van der Waals surface area contributed by atoms with Crippen LogP contribution in [-0.4, -0.2) is 50.6 Å². The number of guanidine groups is 1. The molecule has 2 rings (SSSR count). The van der Waals surface area contributed by atoms with Crippen molar-refractivity contribution >= 4 is 29.9 Å². The summed E-state index contributed by atoms with van der Waals surface area (Å²) in [5.41, 5.74) is 1.40. The smallest absolute Gasteiger partial charge is 0.191 e. The highest BCUT2D eigenvalue weighted by Gasteiger charge is 2.16. The van der Waals surface area contributed by atoms with E-state index < -0.39 is 0 Å². The van der Waals surface area contributed by atoms with Gasteiger partial charge in [0, 0.05) is 19.6 Å². The van der Waals surface area contributed by atoms with Crippen LogP contribution in [-0.2, 0) is 6.42 Å². The van der Waals surface area contributed by atoms with Gasteiger partial charge in [-0.3, -0.25) is 4.99 Å². The van der Waals surface area contributed by atoms with Crippen molar-refractivity contribution < 1.29 is 0 Å². The van der Waals surface area contributed by atoms with Gasteiger partial charge in [0.2, 0.25) is 0 Å². The van der Waals surface area contributed by atoms with Crippen molar-refractivity contribution in [1.29, 1.82) is 0 Å². The molecule has 0 bridgehead atoms. The molecule has 1 aliphatic heterocycles. The van der Waals surface area contributed by atoms with Gasteiger partial charge in [-0.25, -0.2) is 0 Å². The van der Waals surface area contributed by atoms with E-state index >= 15 is 0 Å². The lowest BCUT2D eigenvalue weighted by Crippen LogP contribution is -2.39. The minimum atomic E-state index is 0. The Kier molecular flexibility index (Phi) is 11.9. The number of halogens is 1. The lowest BCUT2D eigenvalue weighted by Gasteiger charge is -2.29. The molecule has 0 atom stereocenters.